The van der Waals surface area contributed by atoms with E-state index in [1.54, 1.807) is 13.4 Å². The van der Waals surface area contributed by atoms with E-state index < -0.39 is 0 Å². The highest BCUT2D eigenvalue weighted by Gasteiger charge is 2.35. The molecule has 0 spiro atoms. The highest BCUT2D eigenvalue weighted by molar-refractivity contribution is 5.95. The molecule has 1 heterocycles. The molecule has 0 aliphatic heterocycles. The van der Waals surface area contributed by atoms with E-state index in [1.807, 2.05) is 35.2 Å². The third kappa shape index (κ3) is 6.52. The van der Waals surface area contributed by atoms with Crippen molar-refractivity contribution in [3.05, 3.63) is 65.7 Å². The summed E-state index contributed by atoms with van der Waals surface area (Å²) >= 11 is 0. The van der Waals surface area contributed by atoms with Crippen molar-refractivity contribution in [1.82, 2.24) is 4.98 Å². The second-order valence-corrected chi connectivity index (χ2v) is 12.7. The normalized spacial score (nSPS) is 23.4. The molecule has 3 fully saturated rings. The van der Waals surface area contributed by atoms with E-state index >= 15 is 0 Å². The minimum atomic E-state index is -0.172. The lowest BCUT2D eigenvalue weighted by Crippen LogP contribution is -2.42. The Bertz CT molecular complexity index is 1520. The van der Waals surface area contributed by atoms with E-state index in [2.05, 4.69) is 18.2 Å². The lowest BCUT2D eigenvalue weighted by Gasteiger charge is -2.36. The van der Waals surface area contributed by atoms with Crippen molar-refractivity contribution in [3.8, 4) is 23.1 Å². The first kappa shape index (κ1) is 29.9. The monoisotopic (exact) mass is 595 g/mol. The molecule has 6 rings (SSSR count). The van der Waals surface area contributed by atoms with Crippen LogP contribution in [0.4, 0.5) is 5.69 Å². The largest absolute Gasteiger partial charge is 0.495 e. The van der Waals surface area contributed by atoms with E-state index in [0.29, 0.717) is 61.3 Å². The second-order valence-electron chi connectivity index (χ2n) is 12.7. The van der Waals surface area contributed by atoms with Gasteiger partial charge in [0, 0.05) is 29.6 Å². The zero-order valence-electron chi connectivity index (χ0n) is 25.7. The summed E-state index contributed by atoms with van der Waals surface area (Å²) in [7, 11) is 3.02. The predicted octanol–water partition coefficient (Wildman–Crippen LogP) is 7.39. The Balaban J connectivity index is 1.19. The van der Waals surface area contributed by atoms with Crippen LogP contribution < -0.4 is 9.64 Å². The average Bonchev–Trinajstić information content (AvgIpc) is 3.82. The number of esters is 1. The fourth-order valence-corrected chi connectivity index (χ4v) is 7.06. The topological polar surface area (TPSA) is 106 Å². The SMILES string of the molecule is COC(=O)C1CCC(C(=O)N(CC2CCC(c3ccc(OC)c(C#N)c3)CC2)c2cccc(-c3coc(C4CC4)n3)c2)CC1. The van der Waals surface area contributed by atoms with Gasteiger partial charge in [0.05, 0.1) is 25.7 Å². The molecule has 1 aromatic heterocycles. The Morgan fingerprint density at radius 2 is 1.66 bits per heavy atom. The number of hydrogen-bond donors (Lipinski definition) is 0. The summed E-state index contributed by atoms with van der Waals surface area (Å²) in [6.07, 6.45) is 10.7. The maximum Gasteiger partial charge on any atom is 0.308 e. The number of ether oxygens (including phenoxy) is 2. The lowest BCUT2D eigenvalue weighted by atomic mass is 9.77. The van der Waals surface area contributed by atoms with Gasteiger partial charge in [0.25, 0.3) is 0 Å². The van der Waals surface area contributed by atoms with Gasteiger partial charge in [-0.05, 0) is 106 Å². The van der Waals surface area contributed by atoms with Crippen LogP contribution in [0.2, 0.25) is 0 Å². The van der Waals surface area contributed by atoms with Crippen LogP contribution >= 0.6 is 0 Å². The summed E-state index contributed by atoms with van der Waals surface area (Å²) in [4.78, 5) is 33.1. The molecule has 3 aliphatic carbocycles. The molecule has 0 radical (unpaired) electrons. The number of aromatic nitrogens is 1. The number of methoxy groups -OCH3 is 2. The molecule has 0 N–H and O–H groups in total. The number of benzene rings is 2. The third-order valence-electron chi connectivity index (χ3n) is 9.88. The number of hydrogen-bond acceptors (Lipinski definition) is 7. The first-order chi connectivity index (χ1) is 21.5. The van der Waals surface area contributed by atoms with Crippen molar-refractivity contribution < 1.29 is 23.5 Å². The maximum absolute atomic E-state index is 14.2. The summed E-state index contributed by atoms with van der Waals surface area (Å²) in [5.41, 5.74) is 4.39. The van der Waals surface area contributed by atoms with Gasteiger partial charge >= 0.3 is 5.97 Å². The number of oxazole rings is 1. The lowest BCUT2D eigenvalue weighted by molar-refractivity contribution is -0.147. The van der Waals surface area contributed by atoms with Crippen LogP contribution in [0.1, 0.15) is 93.1 Å². The average molecular weight is 596 g/mol. The van der Waals surface area contributed by atoms with Crippen molar-refractivity contribution in [2.75, 3.05) is 25.7 Å². The van der Waals surface area contributed by atoms with Gasteiger partial charge in [0.1, 0.15) is 23.8 Å². The van der Waals surface area contributed by atoms with Crippen LogP contribution in [-0.2, 0) is 14.3 Å². The summed E-state index contributed by atoms with van der Waals surface area (Å²) in [6, 6.07) is 16.3. The standard InChI is InChI=1S/C36H41N3O5/c1-42-33-17-16-28(18-30(33)20-37)24-8-6-23(7-9-24)21-39(35(40)26-12-14-27(15-13-26)36(41)43-2)31-5-3-4-29(19-31)32-22-44-34(38-32)25-10-11-25/h3-5,16-19,22-27H,6-15,21H2,1-2H3. The molecule has 8 nitrogen and oxygen atoms in total. The summed E-state index contributed by atoms with van der Waals surface area (Å²) in [5.74, 6) is 2.33. The molecule has 0 atom stereocenters. The maximum atomic E-state index is 14.2. The van der Waals surface area contributed by atoms with Crippen LogP contribution in [0.15, 0.2) is 53.1 Å². The van der Waals surface area contributed by atoms with Gasteiger partial charge < -0.3 is 18.8 Å². The van der Waals surface area contributed by atoms with Gasteiger partial charge in [-0.2, -0.15) is 5.26 Å². The van der Waals surface area contributed by atoms with E-state index in [4.69, 9.17) is 18.9 Å². The molecule has 0 unspecified atom stereocenters. The van der Waals surface area contributed by atoms with Crippen LogP contribution in [0.5, 0.6) is 5.75 Å². The molecule has 2 aromatic carbocycles. The van der Waals surface area contributed by atoms with Gasteiger partial charge in [-0.1, -0.05) is 18.2 Å². The zero-order valence-corrected chi connectivity index (χ0v) is 25.7. The van der Waals surface area contributed by atoms with Crippen LogP contribution in [0.25, 0.3) is 11.3 Å². The Hall–Kier alpha value is -4.12. The molecule has 0 saturated heterocycles. The molecule has 0 bridgehead atoms. The first-order valence-corrected chi connectivity index (χ1v) is 16.0. The van der Waals surface area contributed by atoms with Crippen LogP contribution in [0.3, 0.4) is 0 Å². The molecular weight excluding hydrogens is 554 g/mol. The Morgan fingerprint density at radius 3 is 2.34 bits per heavy atom. The zero-order chi connectivity index (χ0) is 30.6. The molecule has 3 aromatic rings. The Kier molecular flexibility index (Phi) is 9.02. The van der Waals surface area contributed by atoms with Crippen molar-refractivity contribution in [1.29, 1.82) is 5.26 Å². The molecule has 3 aliphatic rings. The number of amides is 1. The quantitative estimate of drug-likeness (QED) is 0.238. The molecule has 44 heavy (non-hydrogen) atoms. The van der Waals surface area contributed by atoms with Gasteiger partial charge in [-0.25, -0.2) is 4.98 Å². The van der Waals surface area contributed by atoms with Gasteiger partial charge in [0.2, 0.25) is 5.91 Å². The molecule has 8 heteroatoms. The highest BCUT2D eigenvalue weighted by atomic mass is 16.5. The number of rotatable bonds is 9. The van der Waals surface area contributed by atoms with E-state index in [1.165, 1.54) is 12.7 Å². The Morgan fingerprint density at radius 1 is 0.932 bits per heavy atom. The number of anilines is 1. The minimum Gasteiger partial charge on any atom is -0.495 e. The van der Waals surface area contributed by atoms with Crippen molar-refractivity contribution >= 4 is 17.6 Å². The minimum absolute atomic E-state index is 0.117. The smallest absolute Gasteiger partial charge is 0.308 e. The highest BCUT2D eigenvalue weighted by Crippen LogP contribution is 2.41. The summed E-state index contributed by atoms with van der Waals surface area (Å²) in [6.45, 7) is 0.657. The van der Waals surface area contributed by atoms with Crippen LogP contribution in [0, 0.1) is 29.1 Å². The Labute approximate surface area is 259 Å². The molecule has 230 valence electrons. The predicted molar refractivity (Wildman–Crippen MR) is 166 cm³/mol. The third-order valence-corrected chi connectivity index (χ3v) is 9.88. The summed E-state index contributed by atoms with van der Waals surface area (Å²) < 4.78 is 16.1. The summed E-state index contributed by atoms with van der Waals surface area (Å²) in [5, 5.41) is 9.56. The van der Waals surface area contributed by atoms with Gasteiger partial charge in [0.15, 0.2) is 5.89 Å². The van der Waals surface area contributed by atoms with Crippen molar-refractivity contribution in [2.24, 2.45) is 17.8 Å². The van der Waals surface area contributed by atoms with Gasteiger partial charge in [-0.3, -0.25) is 9.59 Å². The molecule has 1 amide bonds. The fourth-order valence-electron chi connectivity index (χ4n) is 7.06. The first-order valence-electron chi connectivity index (χ1n) is 16.0. The second kappa shape index (κ2) is 13.3. The number of nitrogens with zero attached hydrogens (tertiary/aromatic N) is 3. The number of nitriles is 1. The van der Waals surface area contributed by atoms with E-state index in [-0.39, 0.29) is 23.7 Å². The number of carbonyl (C=O) groups is 2. The number of carbonyl (C=O) groups excluding carboxylic acids is 2. The molecular formula is C36H41N3O5. The van der Waals surface area contributed by atoms with Gasteiger partial charge in [-0.15, -0.1) is 0 Å². The van der Waals surface area contributed by atoms with E-state index in [9.17, 15) is 14.9 Å². The van der Waals surface area contributed by atoms with E-state index in [0.717, 1.165) is 61.4 Å². The fraction of sp³-hybridized carbons (Fsp3) is 0.500. The van der Waals surface area contributed by atoms with Crippen molar-refractivity contribution in [3.63, 3.8) is 0 Å². The van der Waals surface area contributed by atoms with Crippen LogP contribution in [-0.4, -0.2) is 37.6 Å². The van der Waals surface area contributed by atoms with Crippen molar-refractivity contribution in [2.45, 2.75) is 76.0 Å². The molecule has 3 saturated carbocycles.